The smallest absolute Gasteiger partial charge is 0.317 e. The van der Waals surface area contributed by atoms with Gasteiger partial charge in [-0.15, -0.1) is 0 Å². The average molecular weight is 332 g/mol. The normalized spacial score (nSPS) is 20.0. The molecule has 1 atom stereocenters. The fourth-order valence-corrected chi connectivity index (χ4v) is 3.22. The molecule has 1 saturated heterocycles. The number of aliphatic hydroxyl groups is 1. The Labute approximate surface area is 144 Å². The summed E-state index contributed by atoms with van der Waals surface area (Å²) in [7, 11) is 0. The molecule has 1 aromatic rings. The Bertz CT molecular complexity index is 511. The lowest BCUT2D eigenvalue weighted by Crippen LogP contribution is -2.46. The minimum atomic E-state index is -0.438. The molecule has 2 aliphatic rings. The molecule has 1 aliphatic carbocycles. The number of rotatable bonds is 7. The molecule has 0 aromatic heterocycles. The van der Waals surface area contributed by atoms with Gasteiger partial charge in [0.2, 0.25) is 0 Å². The van der Waals surface area contributed by atoms with E-state index < -0.39 is 6.10 Å². The second-order valence-electron chi connectivity index (χ2n) is 6.93. The summed E-state index contributed by atoms with van der Waals surface area (Å²) in [6, 6.07) is 9.77. The number of piperidine rings is 1. The number of carbonyl (C=O) groups is 1. The second-order valence-corrected chi connectivity index (χ2v) is 6.93. The topological polar surface area (TPSA) is 61.8 Å². The van der Waals surface area contributed by atoms with Gasteiger partial charge in [0, 0.05) is 26.2 Å². The molecule has 1 heterocycles. The maximum atomic E-state index is 12.2. The van der Waals surface area contributed by atoms with Crippen molar-refractivity contribution in [1.29, 1.82) is 0 Å². The summed E-state index contributed by atoms with van der Waals surface area (Å²) >= 11 is 0. The number of benzene rings is 1. The Morgan fingerprint density at radius 3 is 2.58 bits per heavy atom. The van der Waals surface area contributed by atoms with Crippen LogP contribution in [-0.2, 0) is 4.74 Å². The van der Waals surface area contributed by atoms with Gasteiger partial charge in [0.1, 0.15) is 0 Å². The van der Waals surface area contributed by atoms with Crippen LogP contribution in [0.5, 0.6) is 0 Å². The van der Waals surface area contributed by atoms with Crippen LogP contribution < -0.4 is 5.32 Å². The first-order valence-corrected chi connectivity index (χ1v) is 9.07. The molecule has 3 rings (SSSR count). The molecule has 1 aromatic carbocycles. The molecule has 5 nitrogen and oxygen atoms in total. The van der Waals surface area contributed by atoms with Gasteiger partial charge in [-0.2, -0.15) is 0 Å². The van der Waals surface area contributed by atoms with Crippen LogP contribution in [-0.4, -0.2) is 48.9 Å². The van der Waals surface area contributed by atoms with Crippen molar-refractivity contribution in [2.45, 2.75) is 31.8 Å². The largest absolute Gasteiger partial charge is 0.388 e. The lowest BCUT2D eigenvalue weighted by Gasteiger charge is -2.34. The van der Waals surface area contributed by atoms with Crippen molar-refractivity contribution in [2.24, 2.45) is 11.8 Å². The quantitative estimate of drug-likeness (QED) is 0.755. The van der Waals surface area contributed by atoms with E-state index in [0.29, 0.717) is 26.2 Å². The van der Waals surface area contributed by atoms with E-state index in [9.17, 15) is 9.90 Å². The molecule has 2 N–H and O–H groups in total. The van der Waals surface area contributed by atoms with Gasteiger partial charge in [0.25, 0.3) is 0 Å². The predicted molar refractivity (Wildman–Crippen MR) is 92.6 cm³/mol. The molecule has 0 radical (unpaired) electrons. The summed E-state index contributed by atoms with van der Waals surface area (Å²) in [5, 5.41) is 13.4. The van der Waals surface area contributed by atoms with Crippen LogP contribution >= 0.6 is 0 Å². The Kier molecular flexibility index (Phi) is 6.10. The monoisotopic (exact) mass is 332 g/mol. The molecule has 1 unspecified atom stereocenters. The molecule has 0 bridgehead atoms. The number of hydrogen-bond acceptors (Lipinski definition) is 3. The van der Waals surface area contributed by atoms with Crippen molar-refractivity contribution >= 4 is 6.03 Å². The number of aliphatic hydroxyl groups excluding tert-OH is 1. The molecule has 1 aliphatic heterocycles. The van der Waals surface area contributed by atoms with E-state index >= 15 is 0 Å². The molecular formula is C19H28N2O3. The van der Waals surface area contributed by atoms with Gasteiger partial charge in [-0.05, 0) is 43.1 Å². The van der Waals surface area contributed by atoms with Crippen molar-refractivity contribution < 1.29 is 14.6 Å². The maximum absolute atomic E-state index is 12.2. The highest BCUT2D eigenvalue weighted by Gasteiger charge is 2.28. The fourth-order valence-electron chi connectivity index (χ4n) is 3.22. The molecule has 24 heavy (non-hydrogen) atoms. The third-order valence-electron chi connectivity index (χ3n) is 4.99. The van der Waals surface area contributed by atoms with E-state index in [1.165, 1.54) is 12.8 Å². The molecule has 5 heteroatoms. The Morgan fingerprint density at radius 1 is 1.21 bits per heavy atom. The van der Waals surface area contributed by atoms with Gasteiger partial charge >= 0.3 is 6.03 Å². The summed E-state index contributed by atoms with van der Waals surface area (Å²) in [5.41, 5.74) is 0.966. The van der Waals surface area contributed by atoms with Crippen molar-refractivity contribution in [1.82, 2.24) is 10.2 Å². The van der Waals surface area contributed by atoms with E-state index in [2.05, 4.69) is 5.32 Å². The number of urea groups is 1. The van der Waals surface area contributed by atoms with Crippen molar-refractivity contribution in [2.75, 3.05) is 32.8 Å². The third kappa shape index (κ3) is 4.95. The molecule has 132 valence electrons. The summed E-state index contributed by atoms with van der Waals surface area (Å²) < 4.78 is 5.53. The number of amides is 2. The Morgan fingerprint density at radius 2 is 1.92 bits per heavy atom. The fraction of sp³-hybridized carbons (Fsp3) is 0.632. The lowest BCUT2D eigenvalue weighted by atomic mass is 9.87. The van der Waals surface area contributed by atoms with Crippen LogP contribution in [0, 0.1) is 11.8 Å². The van der Waals surface area contributed by atoms with E-state index in [1.807, 2.05) is 35.2 Å². The second kappa shape index (κ2) is 8.49. The SMILES string of the molecule is O=C(NCCOCC1CC1)N1CCC(C(O)c2ccccc2)CC1. The molecule has 2 amide bonds. The Hall–Kier alpha value is -1.59. The minimum Gasteiger partial charge on any atom is -0.388 e. The van der Waals surface area contributed by atoms with E-state index in [1.54, 1.807) is 0 Å². The number of nitrogens with zero attached hydrogens (tertiary/aromatic N) is 1. The number of nitrogens with one attached hydrogen (secondary N) is 1. The van der Waals surface area contributed by atoms with E-state index in [4.69, 9.17) is 4.74 Å². The molecular weight excluding hydrogens is 304 g/mol. The highest BCUT2D eigenvalue weighted by molar-refractivity contribution is 5.74. The molecule has 0 spiro atoms. The van der Waals surface area contributed by atoms with E-state index in [0.717, 1.165) is 30.9 Å². The van der Waals surface area contributed by atoms with Gasteiger partial charge < -0.3 is 20.1 Å². The van der Waals surface area contributed by atoms with Crippen molar-refractivity contribution in [3.8, 4) is 0 Å². The first-order chi connectivity index (χ1) is 11.7. The summed E-state index contributed by atoms with van der Waals surface area (Å²) in [4.78, 5) is 14.0. The van der Waals surface area contributed by atoms with E-state index in [-0.39, 0.29) is 11.9 Å². The van der Waals surface area contributed by atoms with Crippen molar-refractivity contribution in [3.05, 3.63) is 35.9 Å². The maximum Gasteiger partial charge on any atom is 0.317 e. The van der Waals surface area contributed by atoms with Gasteiger partial charge in [0.15, 0.2) is 0 Å². The zero-order valence-electron chi connectivity index (χ0n) is 14.2. The minimum absolute atomic E-state index is 0.0160. The van der Waals surface area contributed by atoms with Crippen LogP contribution in [0.15, 0.2) is 30.3 Å². The van der Waals surface area contributed by atoms with Crippen LogP contribution in [0.4, 0.5) is 4.79 Å². The van der Waals surface area contributed by atoms with Crippen LogP contribution in [0.3, 0.4) is 0 Å². The summed E-state index contributed by atoms with van der Waals surface area (Å²) in [6.45, 7) is 3.38. The van der Waals surface area contributed by atoms with Gasteiger partial charge in [-0.3, -0.25) is 0 Å². The summed E-state index contributed by atoms with van der Waals surface area (Å²) in [5.74, 6) is 0.981. The van der Waals surface area contributed by atoms with Crippen LogP contribution in [0.25, 0.3) is 0 Å². The average Bonchev–Trinajstić information content (AvgIpc) is 3.46. The lowest BCUT2D eigenvalue weighted by molar-refractivity contribution is 0.0658. The molecule has 2 fully saturated rings. The standard InChI is InChI=1S/C19H28N2O3/c22-18(16-4-2-1-3-5-16)17-8-11-21(12-9-17)19(23)20-10-13-24-14-15-6-7-15/h1-5,15,17-18,22H,6-14H2,(H,20,23). The van der Waals surface area contributed by atoms with Gasteiger partial charge in [-0.1, -0.05) is 30.3 Å². The number of likely N-dealkylation sites (tertiary alicyclic amines) is 1. The molecule has 1 saturated carbocycles. The number of hydrogen-bond donors (Lipinski definition) is 2. The summed E-state index contributed by atoms with van der Waals surface area (Å²) in [6.07, 6.45) is 3.81. The van der Waals surface area contributed by atoms with Crippen molar-refractivity contribution in [3.63, 3.8) is 0 Å². The third-order valence-corrected chi connectivity index (χ3v) is 4.99. The predicted octanol–water partition coefficient (Wildman–Crippen LogP) is 2.57. The number of ether oxygens (including phenoxy) is 1. The highest BCUT2D eigenvalue weighted by Crippen LogP contribution is 2.30. The Balaban J connectivity index is 1.34. The number of carbonyl (C=O) groups excluding carboxylic acids is 1. The van der Waals surface area contributed by atoms with Gasteiger partial charge in [0.05, 0.1) is 12.7 Å². The van der Waals surface area contributed by atoms with Crippen LogP contribution in [0.1, 0.15) is 37.4 Å². The first-order valence-electron chi connectivity index (χ1n) is 9.07. The zero-order chi connectivity index (χ0) is 16.8. The van der Waals surface area contributed by atoms with Gasteiger partial charge in [-0.25, -0.2) is 4.79 Å². The first kappa shape index (κ1) is 17.2. The van der Waals surface area contributed by atoms with Crippen LogP contribution in [0.2, 0.25) is 0 Å². The highest BCUT2D eigenvalue weighted by atomic mass is 16.5. The zero-order valence-corrected chi connectivity index (χ0v) is 14.2.